The summed E-state index contributed by atoms with van der Waals surface area (Å²) in [5.74, 6) is 0.153. The Hall–Kier alpha value is -2.21. The number of imidazole rings is 1. The summed E-state index contributed by atoms with van der Waals surface area (Å²) in [6.45, 7) is 2.91. The molecule has 6 heteroatoms. The van der Waals surface area contributed by atoms with Crippen LogP contribution in [0.1, 0.15) is 43.1 Å². The molecule has 2 aromatic rings. The van der Waals surface area contributed by atoms with Gasteiger partial charge in [0.15, 0.2) is 0 Å². The van der Waals surface area contributed by atoms with Crippen LogP contribution in [0.4, 0.5) is 0 Å². The number of carbonyl (C=O) groups excluding carboxylic acids is 1. The molecule has 3 rings (SSSR count). The van der Waals surface area contributed by atoms with Crippen molar-refractivity contribution in [3.63, 3.8) is 0 Å². The molecule has 1 aliphatic carbocycles. The first-order chi connectivity index (χ1) is 11.7. The molecule has 0 spiro atoms. The van der Waals surface area contributed by atoms with Crippen LogP contribution < -0.4 is 0 Å². The summed E-state index contributed by atoms with van der Waals surface area (Å²) in [6.07, 6.45) is 11.9. The maximum absolute atomic E-state index is 12.1. The number of carbonyl (C=O) groups is 1. The standard InChI is InChI=1S/C18H23N3O3/c1-14-4-2-3-5-17(14)23-10-11-24-18(22)16-12-15(6-7-20-16)21-9-8-19-13-21/h6-9,12-14,17H,2-5,10-11H2,1H3/t14-,17+/m1/s1. The molecule has 0 unspecified atom stereocenters. The van der Waals surface area contributed by atoms with Crippen LogP contribution in [0.25, 0.3) is 5.69 Å². The van der Waals surface area contributed by atoms with Gasteiger partial charge >= 0.3 is 5.97 Å². The lowest BCUT2D eigenvalue weighted by Gasteiger charge is -2.28. The topological polar surface area (TPSA) is 66.2 Å². The Morgan fingerprint density at radius 1 is 1.29 bits per heavy atom. The molecule has 1 saturated carbocycles. The van der Waals surface area contributed by atoms with Crippen molar-refractivity contribution in [3.05, 3.63) is 42.7 Å². The van der Waals surface area contributed by atoms with Crippen LogP contribution in [0.2, 0.25) is 0 Å². The van der Waals surface area contributed by atoms with Crippen molar-refractivity contribution in [1.29, 1.82) is 0 Å². The van der Waals surface area contributed by atoms with Gasteiger partial charge in [0, 0.05) is 18.6 Å². The van der Waals surface area contributed by atoms with E-state index in [0.29, 0.717) is 18.6 Å². The van der Waals surface area contributed by atoms with Gasteiger partial charge in [-0.1, -0.05) is 19.8 Å². The Morgan fingerprint density at radius 3 is 2.96 bits per heavy atom. The Labute approximate surface area is 141 Å². The number of esters is 1. The van der Waals surface area contributed by atoms with E-state index in [1.165, 1.54) is 19.3 Å². The molecule has 0 bridgehead atoms. The Kier molecular flexibility index (Phi) is 5.59. The van der Waals surface area contributed by atoms with Crippen LogP contribution in [0, 0.1) is 5.92 Å². The second kappa shape index (κ2) is 8.06. The zero-order valence-electron chi connectivity index (χ0n) is 13.9. The first-order valence-corrected chi connectivity index (χ1v) is 8.47. The lowest BCUT2D eigenvalue weighted by atomic mass is 9.88. The summed E-state index contributed by atoms with van der Waals surface area (Å²) < 4.78 is 12.9. The molecule has 0 aliphatic heterocycles. The fraction of sp³-hybridized carbons (Fsp3) is 0.500. The quantitative estimate of drug-likeness (QED) is 0.602. The molecule has 2 aromatic heterocycles. The summed E-state index contributed by atoms with van der Waals surface area (Å²) >= 11 is 0. The number of ether oxygens (including phenoxy) is 2. The number of pyridine rings is 1. The number of hydrogen-bond acceptors (Lipinski definition) is 5. The van der Waals surface area contributed by atoms with Gasteiger partial charge in [0.1, 0.15) is 12.3 Å². The van der Waals surface area contributed by atoms with Crippen LogP contribution in [-0.4, -0.2) is 39.8 Å². The fourth-order valence-electron chi connectivity index (χ4n) is 3.04. The normalized spacial score (nSPS) is 20.7. The summed E-state index contributed by atoms with van der Waals surface area (Å²) in [4.78, 5) is 20.2. The van der Waals surface area contributed by atoms with E-state index in [0.717, 1.165) is 12.1 Å². The van der Waals surface area contributed by atoms with Gasteiger partial charge in [0.05, 0.1) is 24.7 Å². The molecule has 0 aromatic carbocycles. The summed E-state index contributed by atoms with van der Waals surface area (Å²) in [5.41, 5.74) is 1.11. The minimum Gasteiger partial charge on any atom is -0.459 e. The van der Waals surface area contributed by atoms with Gasteiger partial charge in [0.2, 0.25) is 0 Å². The van der Waals surface area contributed by atoms with E-state index in [9.17, 15) is 4.79 Å². The third kappa shape index (κ3) is 4.20. The predicted octanol–water partition coefficient (Wildman–Crippen LogP) is 3.02. The SMILES string of the molecule is C[C@@H]1CCCC[C@@H]1OCCOC(=O)c1cc(-n2ccnc2)ccn1. The van der Waals surface area contributed by atoms with E-state index in [1.807, 2.05) is 16.8 Å². The summed E-state index contributed by atoms with van der Waals surface area (Å²) in [7, 11) is 0. The van der Waals surface area contributed by atoms with Crippen molar-refractivity contribution >= 4 is 5.97 Å². The molecule has 2 atom stereocenters. The van der Waals surface area contributed by atoms with Gasteiger partial charge in [-0.05, 0) is 30.9 Å². The highest BCUT2D eigenvalue weighted by Crippen LogP contribution is 2.26. The van der Waals surface area contributed by atoms with Crippen molar-refractivity contribution in [2.24, 2.45) is 5.92 Å². The lowest BCUT2D eigenvalue weighted by Crippen LogP contribution is -2.27. The average molecular weight is 329 g/mol. The first kappa shape index (κ1) is 16.6. The van der Waals surface area contributed by atoms with Crippen molar-refractivity contribution in [2.45, 2.75) is 38.7 Å². The molecule has 0 radical (unpaired) electrons. The second-order valence-corrected chi connectivity index (χ2v) is 6.18. The van der Waals surface area contributed by atoms with Crippen LogP contribution in [0.15, 0.2) is 37.1 Å². The van der Waals surface area contributed by atoms with Crippen molar-refractivity contribution < 1.29 is 14.3 Å². The number of aromatic nitrogens is 3. The van der Waals surface area contributed by atoms with E-state index in [-0.39, 0.29) is 12.3 Å². The molecule has 0 N–H and O–H groups in total. The van der Waals surface area contributed by atoms with Crippen molar-refractivity contribution in [1.82, 2.24) is 14.5 Å². The van der Waals surface area contributed by atoms with Crippen LogP contribution in [-0.2, 0) is 9.47 Å². The predicted molar refractivity (Wildman–Crippen MR) is 89.0 cm³/mol. The van der Waals surface area contributed by atoms with Crippen LogP contribution in [0.3, 0.4) is 0 Å². The van der Waals surface area contributed by atoms with Gasteiger partial charge in [-0.15, -0.1) is 0 Å². The van der Waals surface area contributed by atoms with E-state index >= 15 is 0 Å². The Morgan fingerprint density at radius 2 is 2.17 bits per heavy atom. The lowest BCUT2D eigenvalue weighted by molar-refractivity contribution is -0.0272. The van der Waals surface area contributed by atoms with Crippen molar-refractivity contribution in [3.8, 4) is 5.69 Å². The number of rotatable bonds is 6. The number of nitrogens with zero attached hydrogens (tertiary/aromatic N) is 3. The minimum absolute atomic E-state index is 0.249. The summed E-state index contributed by atoms with van der Waals surface area (Å²) in [5, 5.41) is 0. The summed E-state index contributed by atoms with van der Waals surface area (Å²) in [6, 6.07) is 3.50. The molecule has 6 nitrogen and oxygen atoms in total. The van der Waals surface area contributed by atoms with E-state index < -0.39 is 5.97 Å². The second-order valence-electron chi connectivity index (χ2n) is 6.18. The van der Waals surface area contributed by atoms with E-state index in [4.69, 9.17) is 9.47 Å². The van der Waals surface area contributed by atoms with Crippen LogP contribution in [0.5, 0.6) is 0 Å². The Balaban J connectivity index is 1.48. The van der Waals surface area contributed by atoms with Gasteiger partial charge in [-0.2, -0.15) is 0 Å². The largest absolute Gasteiger partial charge is 0.459 e. The van der Waals surface area contributed by atoms with Gasteiger partial charge in [0.25, 0.3) is 0 Å². The van der Waals surface area contributed by atoms with Gasteiger partial charge in [-0.25, -0.2) is 14.8 Å². The molecule has 1 fully saturated rings. The third-order valence-electron chi connectivity index (χ3n) is 4.44. The zero-order chi connectivity index (χ0) is 16.8. The smallest absolute Gasteiger partial charge is 0.357 e. The minimum atomic E-state index is -0.433. The zero-order valence-corrected chi connectivity index (χ0v) is 13.9. The molecular weight excluding hydrogens is 306 g/mol. The molecular formula is C18H23N3O3. The molecule has 0 saturated heterocycles. The maximum atomic E-state index is 12.1. The molecule has 0 amide bonds. The van der Waals surface area contributed by atoms with Crippen molar-refractivity contribution in [2.75, 3.05) is 13.2 Å². The highest BCUT2D eigenvalue weighted by molar-refractivity contribution is 5.87. The first-order valence-electron chi connectivity index (χ1n) is 8.47. The molecule has 2 heterocycles. The highest BCUT2D eigenvalue weighted by atomic mass is 16.6. The van der Waals surface area contributed by atoms with E-state index in [1.54, 1.807) is 24.8 Å². The number of hydrogen-bond donors (Lipinski definition) is 0. The third-order valence-corrected chi connectivity index (χ3v) is 4.44. The maximum Gasteiger partial charge on any atom is 0.357 e. The van der Waals surface area contributed by atoms with Gasteiger partial charge < -0.3 is 14.0 Å². The molecule has 24 heavy (non-hydrogen) atoms. The average Bonchev–Trinajstić information content (AvgIpc) is 3.15. The Bertz CT molecular complexity index is 657. The van der Waals surface area contributed by atoms with E-state index in [2.05, 4.69) is 16.9 Å². The molecule has 1 aliphatic rings. The molecule has 128 valence electrons. The van der Waals surface area contributed by atoms with Crippen LogP contribution >= 0.6 is 0 Å². The highest BCUT2D eigenvalue weighted by Gasteiger charge is 2.21. The monoisotopic (exact) mass is 329 g/mol. The van der Waals surface area contributed by atoms with Gasteiger partial charge in [-0.3, -0.25) is 0 Å². The fourth-order valence-corrected chi connectivity index (χ4v) is 3.04.